The largest absolute Gasteiger partial charge is 0.422 e. The van der Waals surface area contributed by atoms with Crippen molar-refractivity contribution in [3.05, 3.63) is 23.8 Å². The number of carbonyl (C=O) groups excluding carboxylic acids is 2. The number of benzene rings is 1. The molecule has 0 atom stereocenters. The molecule has 1 aromatic rings. The molecule has 158 valence electrons. The van der Waals surface area contributed by atoms with E-state index in [0.717, 1.165) is 24.8 Å². The molecule has 0 amide bonds. The van der Waals surface area contributed by atoms with Gasteiger partial charge in [-0.3, -0.25) is 9.59 Å². The Bertz CT molecular complexity index is 605. The average molecular weight is 391 g/mol. The summed E-state index contributed by atoms with van der Waals surface area (Å²) in [5, 5.41) is 0. The number of rotatable bonds is 13. The van der Waals surface area contributed by atoms with Gasteiger partial charge in [-0.2, -0.15) is 0 Å². The van der Waals surface area contributed by atoms with Crippen LogP contribution in [0.25, 0.3) is 0 Å². The van der Waals surface area contributed by atoms with Gasteiger partial charge in [0.25, 0.3) is 0 Å². The van der Waals surface area contributed by atoms with Gasteiger partial charge in [-0.15, -0.1) is 0 Å². The summed E-state index contributed by atoms with van der Waals surface area (Å²) in [7, 11) is 0. The van der Waals surface area contributed by atoms with E-state index in [9.17, 15) is 9.59 Å². The van der Waals surface area contributed by atoms with Crippen LogP contribution in [0.15, 0.2) is 18.2 Å². The van der Waals surface area contributed by atoms with Crippen LogP contribution in [-0.4, -0.2) is 11.9 Å². The molecule has 0 bridgehead atoms. The first-order valence-corrected chi connectivity index (χ1v) is 10.9. The monoisotopic (exact) mass is 390 g/mol. The highest BCUT2D eigenvalue weighted by Crippen LogP contribution is 2.33. The molecule has 0 unspecified atom stereocenters. The molecule has 28 heavy (non-hydrogen) atoms. The zero-order chi connectivity index (χ0) is 20.9. The molecular formula is C24H38O4. The van der Waals surface area contributed by atoms with Crippen LogP contribution in [0.1, 0.15) is 91.5 Å². The molecule has 0 N–H and O–H groups in total. The number of aryl methyl sites for hydroxylation is 1. The number of carbonyl (C=O) groups is 2. The maximum Gasteiger partial charge on any atom is 0.311 e. The number of ether oxygens (including phenoxy) is 2. The quantitative estimate of drug-likeness (QED) is 0.219. The number of hydrogen-bond acceptors (Lipinski definition) is 4. The molecular weight excluding hydrogens is 352 g/mol. The summed E-state index contributed by atoms with van der Waals surface area (Å²) in [4.78, 5) is 24.4. The highest BCUT2D eigenvalue weighted by Gasteiger charge is 2.19. The van der Waals surface area contributed by atoms with Crippen LogP contribution in [0.2, 0.25) is 0 Å². The van der Waals surface area contributed by atoms with Gasteiger partial charge < -0.3 is 9.47 Å². The number of para-hydroxylation sites is 1. The van der Waals surface area contributed by atoms with Gasteiger partial charge in [-0.25, -0.2) is 0 Å². The first-order chi connectivity index (χ1) is 13.3. The van der Waals surface area contributed by atoms with Crippen molar-refractivity contribution >= 4 is 11.9 Å². The van der Waals surface area contributed by atoms with Gasteiger partial charge in [0.1, 0.15) is 0 Å². The SMILES string of the molecule is CCCCCCCCc1cccc(OC(=O)CC(C)C)c1OC(=O)CC(C)C. The topological polar surface area (TPSA) is 52.6 Å². The second-order valence-electron chi connectivity index (χ2n) is 8.41. The Labute approximate surface area is 171 Å². The molecule has 0 saturated carbocycles. The second kappa shape index (κ2) is 13.4. The highest BCUT2D eigenvalue weighted by molar-refractivity contribution is 5.77. The Balaban J connectivity index is 2.88. The minimum Gasteiger partial charge on any atom is -0.422 e. The Morgan fingerprint density at radius 1 is 0.821 bits per heavy atom. The minimum atomic E-state index is -0.298. The molecule has 0 radical (unpaired) electrons. The fraction of sp³-hybridized carbons (Fsp3) is 0.667. The van der Waals surface area contributed by atoms with Gasteiger partial charge in [-0.1, -0.05) is 78.9 Å². The Morgan fingerprint density at radius 3 is 2.00 bits per heavy atom. The van der Waals surface area contributed by atoms with E-state index in [1.807, 2.05) is 39.8 Å². The van der Waals surface area contributed by atoms with Crippen LogP contribution in [0, 0.1) is 11.8 Å². The van der Waals surface area contributed by atoms with Crippen LogP contribution in [0.3, 0.4) is 0 Å². The standard InChI is InChI=1S/C24H38O4/c1-6-7-8-9-10-11-13-20-14-12-15-21(27-22(25)16-18(2)3)24(20)28-23(26)17-19(4)5/h12,14-15,18-19H,6-11,13,16-17H2,1-5H3. The highest BCUT2D eigenvalue weighted by atomic mass is 16.6. The molecule has 0 saturated heterocycles. The van der Waals surface area contributed by atoms with E-state index in [1.54, 1.807) is 6.07 Å². The fourth-order valence-corrected chi connectivity index (χ4v) is 3.04. The van der Waals surface area contributed by atoms with Crippen molar-refractivity contribution in [2.75, 3.05) is 0 Å². The summed E-state index contributed by atoms with van der Waals surface area (Å²) in [6, 6.07) is 5.54. The third-order valence-electron chi connectivity index (χ3n) is 4.45. The van der Waals surface area contributed by atoms with E-state index < -0.39 is 0 Å². The van der Waals surface area contributed by atoms with Crippen molar-refractivity contribution in [2.24, 2.45) is 11.8 Å². The molecule has 0 heterocycles. The molecule has 4 heteroatoms. The average Bonchev–Trinajstić information content (AvgIpc) is 2.58. The third kappa shape index (κ3) is 9.91. The van der Waals surface area contributed by atoms with Crippen molar-refractivity contribution in [3.8, 4) is 11.5 Å². The molecule has 0 fully saturated rings. The van der Waals surface area contributed by atoms with E-state index in [0.29, 0.717) is 24.3 Å². The lowest BCUT2D eigenvalue weighted by molar-refractivity contribution is -0.138. The number of unbranched alkanes of at least 4 members (excludes halogenated alkanes) is 5. The predicted molar refractivity (Wildman–Crippen MR) is 114 cm³/mol. The van der Waals surface area contributed by atoms with E-state index in [1.165, 1.54) is 25.7 Å². The lowest BCUT2D eigenvalue weighted by atomic mass is 10.0. The predicted octanol–water partition coefficient (Wildman–Crippen LogP) is 6.49. The van der Waals surface area contributed by atoms with Crippen molar-refractivity contribution in [3.63, 3.8) is 0 Å². The molecule has 0 aromatic heterocycles. The summed E-state index contributed by atoms with van der Waals surface area (Å²) in [5.41, 5.74) is 0.933. The number of esters is 2. The van der Waals surface area contributed by atoms with Crippen molar-refractivity contribution < 1.29 is 19.1 Å². The zero-order valence-corrected chi connectivity index (χ0v) is 18.4. The van der Waals surface area contributed by atoms with Crippen molar-refractivity contribution in [2.45, 2.75) is 92.4 Å². The van der Waals surface area contributed by atoms with E-state index in [4.69, 9.17) is 9.47 Å². The Morgan fingerprint density at radius 2 is 1.39 bits per heavy atom. The van der Waals surface area contributed by atoms with Crippen LogP contribution in [0.4, 0.5) is 0 Å². The Kier molecular flexibility index (Phi) is 11.5. The summed E-state index contributed by atoms with van der Waals surface area (Å²) in [6.45, 7) is 10.1. The fourth-order valence-electron chi connectivity index (χ4n) is 3.04. The lowest BCUT2D eigenvalue weighted by Gasteiger charge is -2.16. The molecule has 0 aliphatic rings. The van der Waals surface area contributed by atoms with Crippen molar-refractivity contribution in [1.29, 1.82) is 0 Å². The molecule has 1 rings (SSSR count). The zero-order valence-electron chi connectivity index (χ0n) is 18.4. The van der Waals surface area contributed by atoms with E-state index in [-0.39, 0.29) is 23.8 Å². The minimum absolute atomic E-state index is 0.213. The normalized spacial score (nSPS) is 11.1. The second-order valence-corrected chi connectivity index (χ2v) is 8.41. The summed E-state index contributed by atoms with van der Waals surface area (Å²) in [5.74, 6) is 0.611. The molecule has 4 nitrogen and oxygen atoms in total. The van der Waals surface area contributed by atoms with E-state index in [2.05, 4.69) is 6.92 Å². The van der Waals surface area contributed by atoms with Gasteiger partial charge >= 0.3 is 11.9 Å². The Hall–Kier alpha value is -1.84. The van der Waals surface area contributed by atoms with Crippen molar-refractivity contribution in [1.82, 2.24) is 0 Å². The molecule has 1 aromatic carbocycles. The summed E-state index contributed by atoms with van der Waals surface area (Å²) in [6.07, 6.45) is 8.66. The first kappa shape index (κ1) is 24.2. The molecule has 0 spiro atoms. The lowest BCUT2D eigenvalue weighted by Crippen LogP contribution is -2.15. The smallest absolute Gasteiger partial charge is 0.311 e. The van der Waals surface area contributed by atoms with Gasteiger partial charge in [0.15, 0.2) is 11.5 Å². The third-order valence-corrected chi connectivity index (χ3v) is 4.45. The van der Waals surface area contributed by atoms with Gasteiger partial charge in [0.05, 0.1) is 0 Å². The van der Waals surface area contributed by atoms with Crippen LogP contribution < -0.4 is 9.47 Å². The number of hydrogen-bond donors (Lipinski definition) is 0. The van der Waals surface area contributed by atoms with Gasteiger partial charge in [-0.05, 0) is 36.3 Å². The van der Waals surface area contributed by atoms with Gasteiger partial charge in [0.2, 0.25) is 0 Å². The van der Waals surface area contributed by atoms with Gasteiger partial charge in [0, 0.05) is 12.8 Å². The maximum atomic E-state index is 12.3. The molecule has 0 aliphatic carbocycles. The van der Waals surface area contributed by atoms with Crippen LogP contribution in [0.5, 0.6) is 11.5 Å². The van der Waals surface area contributed by atoms with Crippen LogP contribution >= 0.6 is 0 Å². The first-order valence-electron chi connectivity index (χ1n) is 10.9. The van der Waals surface area contributed by atoms with E-state index >= 15 is 0 Å². The summed E-state index contributed by atoms with van der Waals surface area (Å²) < 4.78 is 11.2. The maximum absolute atomic E-state index is 12.3. The summed E-state index contributed by atoms with van der Waals surface area (Å²) >= 11 is 0. The molecule has 0 aliphatic heterocycles. The van der Waals surface area contributed by atoms with Crippen LogP contribution in [-0.2, 0) is 16.0 Å².